The van der Waals surface area contributed by atoms with Crippen molar-refractivity contribution in [3.63, 3.8) is 0 Å². The van der Waals surface area contributed by atoms with Crippen LogP contribution in [0.15, 0.2) is 22.6 Å². The van der Waals surface area contributed by atoms with Crippen molar-refractivity contribution in [3.8, 4) is 0 Å². The van der Waals surface area contributed by atoms with E-state index in [1.807, 2.05) is 17.9 Å². The maximum absolute atomic E-state index is 12.5. The topological polar surface area (TPSA) is 69.5 Å². The number of hydrogen-bond acceptors (Lipinski definition) is 4. The normalized spacial score (nSPS) is 18.1. The summed E-state index contributed by atoms with van der Waals surface area (Å²) in [6.07, 6.45) is 1.38. The molecule has 21 heavy (non-hydrogen) atoms. The molecule has 0 saturated carbocycles. The lowest BCUT2D eigenvalue weighted by atomic mass is 9.92. The number of piperidine rings is 1. The van der Waals surface area contributed by atoms with E-state index in [1.54, 1.807) is 12.1 Å². The second-order valence-electron chi connectivity index (χ2n) is 5.60. The summed E-state index contributed by atoms with van der Waals surface area (Å²) >= 11 is 4.94. The number of aliphatic hydroxyl groups is 1. The molecule has 1 saturated heterocycles. The Kier molecular flexibility index (Phi) is 3.82. The summed E-state index contributed by atoms with van der Waals surface area (Å²) in [4.78, 5) is 17.6. The second-order valence-corrected chi connectivity index (χ2v) is 5.97. The minimum Gasteiger partial charge on any atom is -0.429 e. The third-order valence-corrected chi connectivity index (χ3v) is 4.36. The number of aromatic nitrogens is 1. The summed E-state index contributed by atoms with van der Waals surface area (Å²) in [5.74, 6) is 0.294. The highest BCUT2D eigenvalue weighted by atomic mass is 32.1. The van der Waals surface area contributed by atoms with Crippen LogP contribution >= 0.6 is 12.2 Å². The molecule has 1 amide bonds. The highest BCUT2D eigenvalue weighted by Gasteiger charge is 2.26. The highest BCUT2D eigenvalue weighted by molar-refractivity contribution is 7.71. The molecule has 1 aliphatic heterocycles. The van der Waals surface area contributed by atoms with E-state index >= 15 is 0 Å². The lowest BCUT2D eigenvalue weighted by molar-refractivity contribution is 0.0521. The molecule has 5 nitrogen and oxygen atoms in total. The monoisotopic (exact) mass is 306 g/mol. The third kappa shape index (κ3) is 2.87. The van der Waals surface area contributed by atoms with Crippen LogP contribution in [0.1, 0.15) is 30.1 Å². The van der Waals surface area contributed by atoms with E-state index < -0.39 is 0 Å². The van der Waals surface area contributed by atoms with Crippen LogP contribution in [-0.2, 0) is 0 Å². The fraction of sp³-hybridized carbons (Fsp3) is 0.467. The van der Waals surface area contributed by atoms with Gasteiger partial charge in [-0.15, -0.1) is 0 Å². The molecular formula is C15H18N2O3S. The van der Waals surface area contributed by atoms with Crippen molar-refractivity contribution in [2.75, 3.05) is 13.1 Å². The number of carbonyl (C=O) groups is 1. The zero-order valence-corrected chi connectivity index (χ0v) is 12.7. The molecular weight excluding hydrogens is 288 g/mol. The first-order valence-electron chi connectivity index (χ1n) is 7.15. The smallest absolute Gasteiger partial charge is 0.266 e. The number of oxazole rings is 1. The Morgan fingerprint density at radius 3 is 2.86 bits per heavy atom. The molecule has 1 aliphatic rings. The number of nitrogens with one attached hydrogen (secondary N) is 1. The summed E-state index contributed by atoms with van der Waals surface area (Å²) in [6.45, 7) is 3.18. The van der Waals surface area contributed by atoms with Crippen LogP contribution in [0.4, 0.5) is 0 Å². The predicted molar refractivity (Wildman–Crippen MR) is 81.7 cm³/mol. The molecule has 1 unspecified atom stereocenters. The van der Waals surface area contributed by atoms with E-state index in [0.717, 1.165) is 18.4 Å². The van der Waals surface area contributed by atoms with Crippen LogP contribution in [0.5, 0.6) is 0 Å². The zero-order valence-electron chi connectivity index (χ0n) is 11.8. The van der Waals surface area contributed by atoms with Crippen molar-refractivity contribution in [3.05, 3.63) is 28.6 Å². The molecule has 0 radical (unpaired) electrons. The second kappa shape index (κ2) is 5.61. The molecule has 1 aromatic carbocycles. The van der Waals surface area contributed by atoms with E-state index in [9.17, 15) is 9.90 Å². The molecule has 112 valence electrons. The van der Waals surface area contributed by atoms with Crippen LogP contribution in [-0.4, -0.2) is 40.1 Å². The molecule has 1 fully saturated rings. The molecule has 0 spiro atoms. The SMILES string of the molecule is CC(O)C1CCN(C(=O)c2ccc3[nH]c(=S)oc3c2)CC1. The zero-order chi connectivity index (χ0) is 15.0. The first kappa shape index (κ1) is 14.3. The molecule has 0 aliphatic carbocycles. The Balaban J connectivity index is 1.76. The maximum atomic E-state index is 12.5. The van der Waals surface area contributed by atoms with Crippen molar-refractivity contribution in [2.24, 2.45) is 5.92 Å². The molecule has 1 atom stereocenters. The van der Waals surface area contributed by atoms with Crippen molar-refractivity contribution < 1.29 is 14.3 Å². The number of nitrogens with zero attached hydrogens (tertiary/aromatic N) is 1. The summed E-state index contributed by atoms with van der Waals surface area (Å²) in [5.41, 5.74) is 2.00. The number of H-pyrrole nitrogens is 1. The van der Waals surface area contributed by atoms with Gasteiger partial charge in [-0.1, -0.05) is 0 Å². The van der Waals surface area contributed by atoms with Gasteiger partial charge in [-0.05, 0) is 56.1 Å². The molecule has 3 rings (SSSR count). The first-order valence-corrected chi connectivity index (χ1v) is 7.55. The Morgan fingerprint density at radius 2 is 2.19 bits per heavy atom. The van der Waals surface area contributed by atoms with Gasteiger partial charge in [0.2, 0.25) is 0 Å². The molecule has 0 bridgehead atoms. The Bertz CT molecular complexity index is 711. The number of carbonyl (C=O) groups excluding carboxylic acids is 1. The van der Waals surface area contributed by atoms with Gasteiger partial charge in [-0.2, -0.15) is 0 Å². The van der Waals surface area contributed by atoms with E-state index in [2.05, 4.69) is 4.98 Å². The number of aliphatic hydroxyl groups excluding tert-OH is 1. The fourth-order valence-corrected chi connectivity index (χ4v) is 3.05. The fourth-order valence-electron chi connectivity index (χ4n) is 2.85. The lowest BCUT2D eigenvalue weighted by Crippen LogP contribution is -2.40. The van der Waals surface area contributed by atoms with Gasteiger partial charge in [0, 0.05) is 18.7 Å². The minimum absolute atomic E-state index is 0.00302. The number of rotatable bonds is 2. The number of benzene rings is 1. The standard InChI is InChI=1S/C15H18N2O3S/c1-9(18)10-4-6-17(7-5-10)14(19)11-2-3-12-13(8-11)20-15(21)16-12/h2-3,8-10,18H,4-7H2,1H3,(H,16,21). The third-order valence-electron chi connectivity index (χ3n) is 4.18. The Hall–Kier alpha value is -1.66. The number of hydrogen-bond donors (Lipinski definition) is 2. The molecule has 2 aromatic rings. The van der Waals surface area contributed by atoms with Gasteiger partial charge < -0.3 is 19.4 Å². The van der Waals surface area contributed by atoms with Crippen LogP contribution < -0.4 is 0 Å². The highest BCUT2D eigenvalue weighted by Crippen LogP contribution is 2.23. The average Bonchev–Trinajstić information content (AvgIpc) is 2.85. The van der Waals surface area contributed by atoms with Gasteiger partial charge in [0.15, 0.2) is 5.58 Å². The minimum atomic E-state index is -0.303. The Morgan fingerprint density at radius 1 is 1.48 bits per heavy atom. The summed E-state index contributed by atoms with van der Waals surface area (Å²) in [7, 11) is 0. The lowest BCUT2D eigenvalue weighted by Gasteiger charge is -2.33. The van der Waals surface area contributed by atoms with E-state index in [0.29, 0.717) is 35.0 Å². The van der Waals surface area contributed by atoms with Gasteiger partial charge in [-0.3, -0.25) is 4.79 Å². The van der Waals surface area contributed by atoms with Crippen molar-refractivity contribution in [1.82, 2.24) is 9.88 Å². The van der Waals surface area contributed by atoms with Crippen molar-refractivity contribution in [2.45, 2.75) is 25.9 Å². The molecule has 1 aromatic heterocycles. The Labute approximate surface area is 127 Å². The van der Waals surface area contributed by atoms with E-state index in [4.69, 9.17) is 16.6 Å². The van der Waals surface area contributed by atoms with Crippen LogP contribution in [0.2, 0.25) is 0 Å². The molecule has 6 heteroatoms. The number of likely N-dealkylation sites (tertiary alicyclic amines) is 1. The van der Waals surface area contributed by atoms with Crippen molar-refractivity contribution in [1.29, 1.82) is 0 Å². The van der Waals surface area contributed by atoms with Gasteiger partial charge in [0.1, 0.15) is 0 Å². The maximum Gasteiger partial charge on any atom is 0.266 e. The summed E-state index contributed by atoms with van der Waals surface area (Å²) < 4.78 is 5.35. The van der Waals surface area contributed by atoms with Crippen LogP contribution in [0.25, 0.3) is 11.1 Å². The number of aromatic amines is 1. The number of fused-ring (bicyclic) bond motifs is 1. The van der Waals surface area contributed by atoms with Crippen LogP contribution in [0.3, 0.4) is 0 Å². The molecule has 2 heterocycles. The van der Waals surface area contributed by atoms with E-state index in [1.165, 1.54) is 0 Å². The van der Waals surface area contributed by atoms with Gasteiger partial charge in [-0.25, -0.2) is 0 Å². The summed E-state index contributed by atoms with van der Waals surface area (Å²) in [5, 5.41) is 9.61. The van der Waals surface area contributed by atoms with Gasteiger partial charge >= 0.3 is 0 Å². The average molecular weight is 306 g/mol. The predicted octanol–water partition coefficient (Wildman–Crippen LogP) is 2.72. The van der Waals surface area contributed by atoms with Crippen LogP contribution in [0, 0.1) is 10.8 Å². The van der Waals surface area contributed by atoms with Gasteiger partial charge in [0.25, 0.3) is 10.7 Å². The first-order chi connectivity index (χ1) is 10.0. The van der Waals surface area contributed by atoms with E-state index in [-0.39, 0.29) is 12.0 Å². The molecule has 2 N–H and O–H groups in total. The number of amides is 1. The quantitative estimate of drug-likeness (QED) is 0.837. The van der Waals surface area contributed by atoms with Crippen molar-refractivity contribution >= 4 is 29.2 Å². The largest absolute Gasteiger partial charge is 0.429 e. The summed E-state index contributed by atoms with van der Waals surface area (Å²) in [6, 6.07) is 5.32. The van der Waals surface area contributed by atoms with Gasteiger partial charge in [0.05, 0.1) is 11.6 Å².